The molecule has 6 nitrogen and oxygen atoms in total. The average Bonchev–Trinajstić information content (AvgIpc) is 2.59. The molecular weight excluding hydrogens is 260 g/mol. The van der Waals surface area contributed by atoms with Crippen molar-refractivity contribution in [3.05, 3.63) is 0 Å². The summed E-state index contributed by atoms with van der Waals surface area (Å²) in [7, 11) is 0. The van der Waals surface area contributed by atoms with Crippen molar-refractivity contribution in [3.63, 3.8) is 0 Å². The van der Waals surface area contributed by atoms with Gasteiger partial charge in [-0.15, -0.1) is 0 Å². The summed E-state index contributed by atoms with van der Waals surface area (Å²) >= 11 is 0. The van der Waals surface area contributed by atoms with Crippen molar-refractivity contribution >= 4 is 17.8 Å². The molecule has 0 aromatic rings. The first-order valence-corrected chi connectivity index (χ1v) is 7.15. The van der Waals surface area contributed by atoms with E-state index in [-0.39, 0.29) is 17.7 Å². The third-order valence-corrected chi connectivity index (χ3v) is 3.61. The molecule has 1 aliphatic rings. The van der Waals surface area contributed by atoms with Gasteiger partial charge in [0.15, 0.2) is 0 Å². The van der Waals surface area contributed by atoms with Crippen LogP contribution in [-0.4, -0.2) is 46.4 Å². The molecule has 1 saturated heterocycles. The molecule has 0 bridgehead atoms. The fourth-order valence-corrected chi connectivity index (χ4v) is 2.54. The first-order chi connectivity index (χ1) is 9.34. The lowest BCUT2D eigenvalue weighted by Gasteiger charge is -2.32. The number of carboxylic acids is 1. The molecule has 1 rings (SSSR count). The second-order valence-corrected chi connectivity index (χ2v) is 5.66. The lowest BCUT2D eigenvalue weighted by molar-refractivity contribution is -0.152. The standard InChI is InChI=1S/C14H24N2O4/c1-9(2)12(15-10(3)17)13(18)16-8-6-4-5-7-11(16)14(19)20/h9,11-12H,4-8H2,1-3H3,(H,15,17)(H,19,20). The van der Waals surface area contributed by atoms with Gasteiger partial charge >= 0.3 is 5.97 Å². The summed E-state index contributed by atoms with van der Waals surface area (Å²) in [5.41, 5.74) is 0. The van der Waals surface area contributed by atoms with Crippen molar-refractivity contribution in [2.24, 2.45) is 5.92 Å². The highest BCUT2D eigenvalue weighted by molar-refractivity contribution is 5.90. The van der Waals surface area contributed by atoms with Crippen LogP contribution < -0.4 is 5.32 Å². The van der Waals surface area contributed by atoms with E-state index < -0.39 is 18.1 Å². The Balaban J connectivity index is 2.93. The number of aliphatic carboxylic acids is 1. The molecule has 1 heterocycles. The Bertz CT molecular complexity index is 381. The normalized spacial score (nSPS) is 21.2. The number of carbonyl (C=O) groups excluding carboxylic acids is 2. The number of rotatable bonds is 4. The molecule has 1 fully saturated rings. The zero-order valence-electron chi connectivity index (χ0n) is 12.4. The zero-order valence-corrected chi connectivity index (χ0v) is 12.4. The summed E-state index contributed by atoms with van der Waals surface area (Å²) < 4.78 is 0. The van der Waals surface area contributed by atoms with E-state index in [9.17, 15) is 19.5 Å². The summed E-state index contributed by atoms with van der Waals surface area (Å²) in [6.45, 7) is 5.48. The molecule has 1 aliphatic heterocycles. The van der Waals surface area contributed by atoms with Gasteiger partial charge in [-0.3, -0.25) is 9.59 Å². The van der Waals surface area contributed by atoms with Gasteiger partial charge in [-0.05, 0) is 18.8 Å². The minimum Gasteiger partial charge on any atom is -0.480 e. The van der Waals surface area contributed by atoms with Gasteiger partial charge in [-0.2, -0.15) is 0 Å². The van der Waals surface area contributed by atoms with Crippen LogP contribution in [0.1, 0.15) is 46.5 Å². The third-order valence-electron chi connectivity index (χ3n) is 3.61. The fraction of sp³-hybridized carbons (Fsp3) is 0.786. The molecule has 2 amide bonds. The molecule has 2 N–H and O–H groups in total. The predicted molar refractivity (Wildman–Crippen MR) is 74.0 cm³/mol. The highest BCUT2D eigenvalue weighted by Crippen LogP contribution is 2.19. The van der Waals surface area contributed by atoms with E-state index in [0.29, 0.717) is 13.0 Å². The molecule has 2 atom stereocenters. The van der Waals surface area contributed by atoms with Gasteiger partial charge in [0, 0.05) is 13.5 Å². The van der Waals surface area contributed by atoms with Crippen molar-refractivity contribution < 1.29 is 19.5 Å². The lowest BCUT2D eigenvalue weighted by atomic mass is 10.0. The molecular formula is C14H24N2O4. The van der Waals surface area contributed by atoms with E-state index in [2.05, 4.69) is 5.32 Å². The molecule has 6 heteroatoms. The minimum absolute atomic E-state index is 0.0795. The van der Waals surface area contributed by atoms with Crippen molar-refractivity contribution in [2.75, 3.05) is 6.54 Å². The van der Waals surface area contributed by atoms with Crippen LogP contribution >= 0.6 is 0 Å². The van der Waals surface area contributed by atoms with Crippen molar-refractivity contribution in [1.29, 1.82) is 0 Å². The highest BCUT2D eigenvalue weighted by Gasteiger charge is 2.35. The van der Waals surface area contributed by atoms with Crippen molar-refractivity contribution in [2.45, 2.75) is 58.5 Å². The summed E-state index contributed by atoms with van der Waals surface area (Å²) in [6.07, 6.45) is 3.03. The lowest BCUT2D eigenvalue weighted by Crippen LogP contribution is -2.55. The van der Waals surface area contributed by atoms with Gasteiger partial charge in [0.2, 0.25) is 11.8 Å². The smallest absolute Gasteiger partial charge is 0.326 e. The topological polar surface area (TPSA) is 86.7 Å². The van der Waals surface area contributed by atoms with Crippen LogP contribution in [0, 0.1) is 5.92 Å². The fourth-order valence-electron chi connectivity index (χ4n) is 2.54. The largest absolute Gasteiger partial charge is 0.480 e. The van der Waals surface area contributed by atoms with Crippen molar-refractivity contribution in [3.8, 4) is 0 Å². The van der Waals surface area contributed by atoms with E-state index in [1.54, 1.807) is 0 Å². The maximum Gasteiger partial charge on any atom is 0.326 e. The van der Waals surface area contributed by atoms with Crippen LogP contribution in [0.4, 0.5) is 0 Å². The van der Waals surface area contributed by atoms with Gasteiger partial charge in [0.25, 0.3) is 0 Å². The number of likely N-dealkylation sites (tertiary alicyclic amines) is 1. The maximum absolute atomic E-state index is 12.6. The molecule has 0 aromatic carbocycles. The Labute approximate surface area is 119 Å². The average molecular weight is 284 g/mol. The Kier molecular flexibility index (Phi) is 5.98. The molecule has 0 spiro atoms. The number of nitrogens with zero attached hydrogens (tertiary/aromatic N) is 1. The number of amides is 2. The Hall–Kier alpha value is -1.59. The molecule has 0 saturated carbocycles. The number of carboxylic acid groups (broad SMARTS) is 1. The number of carbonyl (C=O) groups is 3. The van der Waals surface area contributed by atoms with Crippen LogP contribution in [0.25, 0.3) is 0 Å². The van der Waals surface area contributed by atoms with E-state index in [1.165, 1.54) is 11.8 Å². The third kappa shape index (κ3) is 4.21. The van der Waals surface area contributed by atoms with E-state index in [4.69, 9.17) is 0 Å². The molecule has 20 heavy (non-hydrogen) atoms. The van der Waals surface area contributed by atoms with Crippen LogP contribution in [-0.2, 0) is 14.4 Å². The molecule has 114 valence electrons. The number of hydrogen-bond donors (Lipinski definition) is 2. The maximum atomic E-state index is 12.6. The van der Waals surface area contributed by atoms with Crippen LogP contribution in [0.2, 0.25) is 0 Å². The Morgan fingerprint density at radius 2 is 1.85 bits per heavy atom. The monoisotopic (exact) mass is 284 g/mol. The highest BCUT2D eigenvalue weighted by atomic mass is 16.4. The van der Waals surface area contributed by atoms with Gasteiger partial charge < -0.3 is 15.3 Å². The zero-order chi connectivity index (χ0) is 15.3. The van der Waals surface area contributed by atoms with Crippen LogP contribution in [0.5, 0.6) is 0 Å². The summed E-state index contributed by atoms with van der Waals surface area (Å²) in [6, 6.07) is -1.44. The van der Waals surface area contributed by atoms with E-state index >= 15 is 0 Å². The van der Waals surface area contributed by atoms with Gasteiger partial charge in [0.05, 0.1) is 0 Å². The molecule has 2 unspecified atom stereocenters. The first kappa shape index (κ1) is 16.5. The van der Waals surface area contributed by atoms with Gasteiger partial charge in [-0.25, -0.2) is 4.79 Å². The Morgan fingerprint density at radius 1 is 1.20 bits per heavy atom. The minimum atomic E-state index is -0.967. The molecule has 0 radical (unpaired) electrons. The number of hydrogen-bond acceptors (Lipinski definition) is 3. The van der Waals surface area contributed by atoms with Crippen molar-refractivity contribution in [1.82, 2.24) is 10.2 Å². The van der Waals surface area contributed by atoms with Crippen LogP contribution in [0.3, 0.4) is 0 Å². The number of nitrogens with one attached hydrogen (secondary N) is 1. The van der Waals surface area contributed by atoms with Gasteiger partial charge in [-0.1, -0.05) is 26.7 Å². The Morgan fingerprint density at radius 3 is 2.35 bits per heavy atom. The first-order valence-electron chi connectivity index (χ1n) is 7.15. The summed E-state index contributed by atoms with van der Waals surface area (Å²) in [5, 5.41) is 11.9. The second-order valence-electron chi connectivity index (χ2n) is 5.66. The molecule has 0 aliphatic carbocycles. The second kappa shape index (κ2) is 7.26. The summed E-state index contributed by atoms with van der Waals surface area (Å²) in [4.78, 5) is 36.6. The van der Waals surface area contributed by atoms with E-state index in [0.717, 1.165) is 19.3 Å². The predicted octanol–water partition coefficient (Wildman–Crippen LogP) is 1.00. The summed E-state index contributed by atoms with van der Waals surface area (Å²) in [5.74, 6) is -1.61. The van der Waals surface area contributed by atoms with Crippen LogP contribution in [0.15, 0.2) is 0 Å². The molecule has 0 aromatic heterocycles. The quantitative estimate of drug-likeness (QED) is 0.806. The van der Waals surface area contributed by atoms with Gasteiger partial charge in [0.1, 0.15) is 12.1 Å². The van der Waals surface area contributed by atoms with E-state index in [1.807, 2.05) is 13.8 Å². The SMILES string of the molecule is CC(=O)NC(C(=O)N1CCCCCC1C(=O)O)C(C)C.